The Kier molecular flexibility index (Phi) is 4.53. The normalized spacial score (nSPS) is 25.0. The molecule has 8 heteroatoms. The average Bonchev–Trinajstić information content (AvgIpc) is 3.07. The third kappa shape index (κ3) is 3.07. The molecule has 6 rings (SSSR count). The number of piperazine rings is 1. The molecule has 0 spiro atoms. The Hall–Kier alpha value is -2.09. The second-order valence-corrected chi connectivity index (χ2v) is 8.40. The number of rotatable bonds is 5. The van der Waals surface area contributed by atoms with Crippen molar-refractivity contribution < 1.29 is 4.74 Å². The molecule has 0 amide bonds. The van der Waals surface area contributed by atoms with E-state index in [1.807, 2.05) is 19.3 Å². The first-order valence-electron chi connectivity index (χ1n) is 9.82. The number of aromatic nitrogens is 2. The van der Waals surface area contributed by atoms with Crippen LogP contribution in [0.15, 0.2) is 24.5 Å². The van der Waals surface area contributed by atoms with Gasteiger partial charge in [0.15, 0.2) is 0 Å². The summed E-state index contributed by atoms with van der Waals surface area (Å²) >= 11 is 6.67. The number of halogens is 1. The Morgan fingerprint density at radius 3 is 2.64 bits per heavy atom. The van der Waals surface area contributed by atoms with E-state index in [2.05, 4.69) is 26.3 Å². The van der Waals surface area contributed by atoms with E-state index < -0.39 is 0 Å². The third-order valence-corrected chi connectivity index (χ3v) is 6.53. The molecule has 0 saturated carbocycles. The minimum absolute atomic E-state index is 0.472. The van der Waals surface area contributed by atoms with Gasteiger partial charge in [-0.15, -0.1) is 0 Å². The maximum Gasteiger partial charge on any atom is 0.0770 e. The van der Waals surface area contributed by atoms with E-state index in [0.717, 1.165) is 48.9 Å². The summed E-state index contributed by atoms with van der Waals surface area (Å²) in [4.78, 5) is 5.11. The third-order valence-electron chi connectivity index (χ3n) is 6.23. The molecule has 28 heavy (non-hydrogen) atoms. The van der Waals surface area contributed by atoms with Gasteiger partial charge >= 0.3 is 0 Å². The van der Waals surface area contributed by atoms with Crippen LogP contribution in [0, 0.1) is 5.41 Å². The Balaban J connectivity index is 1.43. The highest BCUT2D eigenvalue weighted by Crippen LogP contribution is 2.40. The molecule has 2 N–H and O–H groups in total. The van der Waals surface area contributed by atoms with E-state index in [-0.39, 0.29) is 0 Å². The van der Waals surface area contributed by atoms with Crippen molar-refractivity contribution in [3.8, 4) is 0 Å². The molecule has 7 nitrogen and oxygen atoms in total. The second kappa shape index (κ2) is 7.06. The van der Waals surface area contributed by atoms with Crippen LogP contribution < -0.4 is 10.2 Å². The zero-order valence-corrected chi connectivity index (χ0v) is 16.7. The fourth-order valence-electron chi connectivity index (χ4n) is 4.68. The van der Waals surface area contributed by atoms with E-state index in [4.69, 9.17) is 21.7 Å². The SMILES string of the molecule is Cn1cc(Nc2cc(N3CC4CCC3CN4C3COC3)c(Cl)cc2C=N)cn1. The molecule has 1 aromatic carbocycles. The van der Waals surface area contributed by atoms with Gasteiger partial charge in [-0.05, 0) is 25.0 Å². The summed E-state index contributed by atoms with van der Waals surface area (Å²) in [7, 11) is 1.89. The Morgan fingerprint density at radius 1 is 1.21 bits per heavy atom. The minimum atomic E-state index is 0.472. The van der Waals surface area contributed by atoms with Gasteiger partial charge in [-0.25, -0.2) is 0 Å². The number of anilines is 3. The lowest BCUT2D eigenvalue weighted by atomic mass is 9.88. The maximum atomic E-state index is 7.77. The van der Waals surface area contributed by atoms with Crippen LogP contribution >= 0.6 is 11.6 Å². The van der Waals surface area contributed by atoms with Crippen LogP contribution in [0.3, 0.4) is 0 Å². The fourth-order valence-corrected chi connectivity index (χ4v) is 4.96. The van der Waals surface area contributed by atoms with E-state index >= 15 is 0 Å². The van der Waals surface area contributed by atoms with Gasteiger partial charge in [0.25, 0.3) is 0 Å². The van der Waals surface area contributed by atoms with Crippen molar-refractivity contribution in [3.05, 3.63) is 35.1 Å². The summed E-state index contributed by atoms with van der Waals surface area (Å²) in [6.07, 6.45) is 7.49. The molecule has 1 aromatic heterocycles. The molecule has 2 aromatic rings. The maximum absolute atomic E-state index is 7.77. The molecular weight excluding hydrogens is 376 g/mol. The van der Waals surface area contributed by atoms with Crippen LogP contribution in [0.5, 0.6) is 0 Å². The van der Waals surface area contributed by atoms with Crippen molar-refractivity contribution in [2.24, 2.45) is 7.05 Å². The molecule has 2 unspecified atom stereocenters. The highest BCUT2D eigenvalue weighted by Gasteiger charge is 2.43. The molecule has 4 aliphatic rings. The van der Waals surface area contributed by atoms with Gasteiger partial charge in [0.05, 0.1) is 41.8 Å². The monoisotopic (exact) mass is 400 g/mol. The summed E-state index contributed by atoms with van der Waals surface area (Å²) < 4.78 is 7.17. The minimum Gasteiger partial charge on any atom is -0.378 e. The molecule has 148 valence electrons. The summed E-state index contributed by atoms with van der Waals surface area (Å²) in [5.41, 5.74) is 3.61. The van der Waals surface area contributed by atoms with Gasteiger partial charge in [0.1, 0.15) is 0 Å². The number of piperidine rings is 2. The zero-order valence-electron chi connectivity index (χ0n) is 15.9. The van der Waals surface area contributed by atoms with Crippen molar-refractivity contribution in [3.63, 3.8) is 0 Å². The zero-order chi connectivity index (χ0) is 19.3. The number of nitrogens with one attached hydrogen (secondary N) is 2. The number of benzene rings is 1. The number of nitrogens with zero attached hydrogens (tertiary/aromatic N) is 4. The topological polar surface area (TPSA) is 69.4 Å². The van der Waals surface area contributed by atoms with Crippen LogP contribution in [-0.2, 0) is 11.8 Å². The van der Waals surface area contributed by atoms with Crippen LogP contribution in [0.4, 0.5) is 17.1 Å². The van der Waals surface area contributed by atoms with Crippen LogP contribution in [-0.4, -0.2) is 65.3 Å². The van der Waals surface area contributed by atoms with Crippen LogP contribution in [0.2, 0.25) is 5.02 Å². The van der Waals surface area contributed by atoms with Gasteiger partial charge in [-0.1, -0.05) is 11.6 Å². The van der Waals surface area contributed by atoms with Crippen molar-refractivity contribution in [2.75, 3.05) is 36.5 Å². The summed E-state index contributed by atoms with van der Waals surface area (Å²) in [5, 5.41) is 16.1. The molecule has 4 saturated heterocycles. The highest BCUT2D eigenvalue weighted by atomic mass is 35.5. The molecular formula is C20H25ClN6O. The van der Waals surface area contributed by atoms with Crippen molar-refractivity contribution in [1.29, 1.82) is 5.41 Å². The van der Waals surface area contributed by atoms with E-state index in [1.165, 1.54) is 19.1 Å². The molecule has 2 bridgehead atoms. The number of aryl methyl sites for hydroxylation is 1. The molecule has 0 radical (unpaired) electrons. The average molecular weight is 401 g/mol. The Morgan fingerprint density at radius 2 is 2.04 bits per heavy atom. The summed E-state index contributed by atoms with van der Waals surface area (Å²) in [5.74, 6) is 0. The number of ether oxygens (including phenoxy) is 1. The van der Waals surface area contributed by atoms with Gasteiger partial charge in [0, 0.05) is 55.9 Å². The number of hydrogen-bond acceptors (Lipinski definition) is 6. The predicted molar refractivity (Wildman–Crippen MR) is 111 cm³/mol. The van der Waals surface area contributed by atoms with Gasteiger partial charge < -0.3 is 20.4 Å². The van der Waals surface area contributed by atoms with Crippen LogP contribution in [0.1, 0.15) is 18.4 Å². The lowest BCUT2D eigenvalue weighted by molar-refractivity contribution is -0.0965. The standard InChI is InChI=1S/C20H25ClN6O/c1-25-8-14(7-23-25)24-19-5-20(18(21)4-13(19)6-22)27-10-15-2-3-16(27)9-26(15)17-11-28-12-17/h4-8,15-17,22,24H,2-3,9-12H2,1H3. The summed E-state index contributed by atoms with van der Waals surface area (Å²) in [6, 6.07) is 5.61. The van der Waals surface area contributed by atoms with Crippen molar-refractivity contribution in [1.82, 2.24) is 14.7 Å². The predicted octanol–water partition coefficient (Wildman–Crippen LogP) is 2.87. The number of fused-ring (bicyclic) bond motifs is 3. The quantitative estimate of drug-likeness (QED) is 0.755. The second-order valence-electron chi connectivity index (χ2n) is 7.99. The van der Waals surface area contributed by atoms with Gasteiger partial charge in [0.2, 0.25) is 0 Å². The smallest absolute Gasteiger partial charge is 0.0770 e. The highest BCUT2D eigenvalue weighted by molar-refractivity contribution is 6.33. The first-order valence-corrected chi connectivity index (χ1v) is 10.2. The van der Waals surface area contributed by atoms with Crippen molar-refractivity contribution >= 4 is 34.9 Å². The molecule has 2 atom stereocenters. The lowest BCUT2D eigenvalue weighted by Crippen LogP contribution is -2.68. The van der Waals surface area contributed by atoms with Gasteiger partial charge in [-0.3, -0.25) is 9.58 Å². The molecule has 4 fully saturated rings. The molecule has 5 heterocycles. The van der Waals surface area contributed by atoms with Crippen molar-refractivity contribution in [2.45, 2.75) is 31.0 Å². The van der Waals surface area contributed by atoms with E-state index in [1.54, 1.807) is 10.9 Å². The Bertz CT molecular complexity index is 895. The molecule has 0 aliphatic carbocycles. The fraction of sp³-hybridized carbons (Fsp3) is 0.500. The Labute approximate surface area is 169 Å². The van der Waals surface area contributed by atoms with Crippen LogP contribution in [0.25, 0.3) is 0 Å². The summed E-state index contributed by atoms with van der Waals surface area (Å²) in [6.45, 7) is 3.82. The first-order chi connectivity index (χ1) is 13.6. The number of hydrogen-bond donors (Lipinski definition) is 2. The van der Waals surface area contributed by atoms with E-state index in [9.17, 15) is 0 Å². The largest absolute Gasteiger partial charge is 0.378 e. The van der Waals surface area contributed by atoms with Gasteiger partial charge in [-0.2, -0.15) is 5.10 Å². The molecule has 4 aliphatic heterocycles. The van der Waals surface area contributed by atoms with E-state index in [0.29, 0.717) is 23.1 Å². The first kappa shape index (κ1) is 18.0. The lowest BCUT2D eigenvalue weighted by Gasteiger charge is -2.56.